The van der Waals surface area contributed by atoms with Crippen molar-refractivity contribution in [3.05, 3.63) is 69.2 Å². The SMILES string of the molecule is Cc1cccc(CSCCNC(=O)C2CCN(Cc3ccc(Cl)cc3Cl)CC2)c1. The molecular weight excluding hydrogens is 423 g/mol. The largest absolute Gasteiger partial charge is 0.355 e. The molecule has 0 bridgehead atoms. The van der Waals surface area contributed by atoms with Crippen LogP contribution in [0.2, 0.25) is 10.0 Å². The Labute approximate surface area is 188 Å². The van der Waals surface area contributed by atoms with E-state index in [4.69, 9.17) is 23.2 Å². The van der Waals surface area contributed by atoms with Crippen molar-refractivity contribution >= 4 is 40.9 Å². The highest BCUT2D eigenvalue weighted by atomic mass is 35.5. The minimum atomic E-state index is 0.119. The predicted octanol–water partition coefficient (Wildman–Crippen LogP) is 5.56. The van der Waals surface area contributed by atoms with E-state index in [0.717, 1.165) is 56.1 Å². The first-order valence-corrected chi connectivity index (χ1v) is 12.0. The average molecular weight is 451 g/mol. The maximum atomic E-state index is 12.5. The predicted molar refractivity (Wildman–Crippen MR) is 125 cm³/mol. The standard InChI is InChI=1S/C23H28Cl2N2OS/c1-17-3-2-4-18(13-17)16-29-12-9-26-23(28)19-7-10-27(11-8-19)15-20-5-6-21(24)14-22(20)25/h2-6,13-14,19H,7-12,15-16H2,1H3,(H,26,28). The molecule has 1 amide bonds. The summed E-state index contributed by atoms with van der Waals surface area (Å²) in [7, 11) is 0. The monoisotopic (exact) mass is 450 g/mol. The highest BCUT2D eigenvalue weighted by Crippen LogP contribution is 2.25. The molecule has 0 atom stereocenters. The lowest BCUT2D eigenvalue weighted by Gasteiger charge is -2.31. The molecule has 1 heterocycles. The van der Waals surface area contributed by atoms with Crippen LogP contribution in [0, 0.1) is 12.8 Å². The van der Waals surface area contributed by atoms with E-state index in [1.54, 1.807) is 6.07 Å². The quantitative estimate of drug-likeness (QED) is 0.533. The molecule has 6 heteroatoms. The molecule has 3 nitrogen and oxygen atoms in total. The number of hydrogen-bond donors (Lipinski definition) is 1. The minimum Gasteiger partial charge on any atom is -0.355 e. The van der Waals surface area contributed by atoms with Gasteiger partial charge in [-0.15, -0.1) is 0 Å². The molecule has 156 valence electrons. The zero-order valence-electron chi connectivity index (χ0n) is 16.8. The second-order valence-corrected chi connectivity index (χ2v) is 9.57. The van der Waals surface area contributed by atoms with Crippen LogP contribution in [-0.2, 0) is 17.1 Å². The van der Waals surface area contributed by atoms with Crippen LogP contribution in [0.3, 0.4) is 0 Å². The van der Waals surface area contributed by atoms with Crippen LogP contribution in [-0.4, -0.2) is 36.2 Å². The topological polar surface area (TPSA) is 32.3 Å². The second-order valence-electron chi connectivity index (χ2n) is 7.62. The van der Waals surface area contributed by atoms with Gasteiger partial charge in [-0.05, 0) is 56.1 Å². The molecule has 0 aliphatic carbocycles. The number of carbonyl (C=O) groups is 1. The lowest BCUT2D eigenvalue weighted by Crippen LogP contribution is -2.40. The minimum absolute atomic E-state index is 0.119. The zero-order chi connectivity index (χ0) is 20.6. The smallest absolute Gasteiger partial charge is 0.223 e. The number of piperidine rings is 1. The third-order valence-corrected chi connectivity index (χ3v) is 6.88. The molecule has 2 aromatic carbocycles. The van der Waals surface area contributed by atoms with E-state index < -0.39 is 0 Å². The first kappa shape index (κ1) is 22.5. The first-order chi connectivity index (χ1) is 14.0. The van der Waals surface area contributed by atoms with Gasteiger partial charge < -0.3 is 5.32 Å². The van der Waals surface area contributed by atoms with Crippen molar-refractivity contribution in [2.75, 3.05) is 25.4 Å². The van der Waals surface area contributed by atoms with Gasteiger partial charge in [-0.2, -0.15) is 11.8 Å². The van der Waals surface area contributed by atoms with Crippen molar-refractivity contribution in [2.45, 2.75) is 32.1 Å². The van der Waals surface area contributed by atoms with Crippen molar-refractivity contribution in [1.29, 1.82) is 0 Å². The number of amides is 1. The van der Waals surface area contributed by atoms with Crippen LogP contribution in [0.15, 0.2) is 42.5 Å². The van der Waals surface area contributed by atoms with Crippen LogP contribution < -0.4 is 5.32 Å². The van der Waals surface area contributed by atoms with Crippen molar-refractivity contribution < 1.29 is 4.79 Å². The summed E-state index contributed by atoms with van der Waals surface area (Å²) in [4.78, 5) is 14.8. The number of halogens is 2. The Bertz CT molecular complexity index is 822. The molecule has 3 rings (SSSR count). The molecule has 29 heavy (non-hydrogen) atoms. The Kier molecular flexibility index (Phi) is 8.73. The lowest BCUT2D eigenvalue weighted by molar-refractivity contribution is -0.126. The number of hydrogen-bond acceptors (Lipinski definition) is 3. The number of benzene rings is 2. The summed E-state index contributed by atoms with van der Waals surface area (Å²) >= 11 is 14.1. The fraction of sp³-hybridized carbons (Fsp3) is 0.435. The molecule has 1 aliphatic heterocycles. The van der Waals surface area contributed by atoms with E-state index >= 15 is 0 Å². The summed E-state index contributed by atoms with van der Waals surface area (Å²) in [5.74, 6) is 2.25. The molecule has 1 saturated heterocycles. The van der Waals surface area contributed by atoms with E-state index in [1.807, 2.05) is 23.9 Å². The molecule has 2 aromatic rings. The van der Waals surface area contributed by atoms with Crippen molar-refractivity contribution in [3.63, 3.8) is 0 Å². The van der Waals surface area contributed by atoms with Gasteiger partial charge in [0.25, 0.3) is 0 Å². The van der Waals surface area contributed by atoms with E-state index in [2.05, 4.69) is 41.4 Å². The van der Waals surface area contributed by atoms with E-state index in [-0.39, 0.29) is 11.8 Å². The number of nitrogens with zero attached hydrogens (tertiary/aromatic N) is 1. The number of likely N-dealkylation sites (tertiary alicyclic amines) is 1. The summed E-state index contributed by atoms with van der Waals surface area (Å²) in [5, 5.41) is 4.48. The fourth-order valence-electron chi connectivity index (χ4n) is 3.63. The van der Waals surface area contributed by atoms with Crippen LogP contribution in [0.1, 0.15) is 29.5 Å². The Balaban J connectivity index is 1.32. The van der Waals surface area contributed by atoms with Gasteiger partial charge in [-0.25, -0.2) is 0 Å². The molecule has 0 spiro atoms. The third kappa shape index (κ3) is 7.21. The van der Waals surface area contributed by atoms with E-state index in [0.29, 0.717) is 10.0 Å². The Morgan fingerprint density at radius 2 is 1.97 bits per heavy atom. The van der Waals surface area contributed by atoms with Gasteiger partial charge in [0.1, 0.15) is 0 Å². The second kappa shape index (κ2) is 11.3. The number of carbonyl (C=O) groups excluding carboxylic acids is 1. The summed E-state index contributed by atoms with van der Waals surface area (Å²) in [6.45, 7) is 5.48. The van der Waals surface area contributed by atoms with Crippen molar-refractivity contribution in [1.82, 2.24) is 10.2 Å². The van der Waals surface area contributed by atoms with Crippen LogP contribution in [0.25, 0.3) is 0 Å². The Morgan fingerprint density at radius 3 is 2.69 bits per heavy atom. The summed E-state index contributed by atoms with van der Waals surface area (Å²) in [5.41, 5.74) is 3.72. The Morgan fingerprint density at radius 1 is 1.17 bits per heavy atom. The van der Waals surface area contributed by atoms with Gasteiger partial charge in [0.2, 0.25) is 5.91 Å². The normalized spacial score (nSPS) is 15.4. The molecule has 1 aliphatic rings. The van der Waals surface area contributed by atoms with Gasteiger partial charge in [-0.3, -0.25) is 9.69 Å². The molecule has 0 unspecified atom stereocenters. The molecular formula is C23H28Cl2N2OS. The number of aryl methyl sites for hydroxylation is 1. The molecule has 1 N–H and O–H groups in total. The molecule has 1 fully saturated rings. The summed E-state index contributed by atoms with van der Waals surface area (Å²) < 4.78 is 0. The van der Waals surface area contributed by atoms with Crippen molar-refractivity contribution in [3.8, 4) is 0 Å². The highest BCUT2D eigenvalue weighted by molar-refractivity contribution is 7.98. The van der Waals surface area contributed by atoms with E-state index in [1.165, 1.54) is 11.1 Å². The summed E-state index contributed by atoms with van der Waals surface area (Å²) in [6.07, 6.45) is 1.79. The van der Waals surface area contributed by atoms with Gasteiger partial charge >= 0.3 is 0 Å². The van der Waals surface area contributed by atoms with Crippen molar-refractivity contribution in [2.24, 2.45) is 5.92 Å². The van der Waals surface area contributed by atoms with Gasteiger partial charge in [0.15, 0.2) is 0 Å². The van der Waals surface area contributed by atoms with Crippen LogP contribution in [0.4, 0.5) is 0 Å². The maximum absolute atomic E-state index is 12.5. The zero-order valence-corrected chi connectivity index (χ0v) is 19.1. The average Bonchev–Trinajstić information content (AvgIpc) is 2.70. The summed E-state index contributed by atoms with van der Waals surface area (Å²) in [6, 6.07) is 14.2. The maximum Gasteiger partial charge on any atom is 0.223 e. The number of nitrogens with one attached hydrogen (secondary N) is 1. The van der Waals surface area contributed by atoms with Gasteiger partial charge in [0, 0.05) is 40.6 Å². The molecule has 0 aromatic heterocycles. The van der Waals surface area contributed by atoms with Crippen LogP contribution in [0.5, 0.6) is 0 Å². The van der Waals surface area contributed by atoms with Gasteiger partial charge in [0.05, 0.1) is 0 Å². The van der Waals surface area contributed by atoms with E-state index in [9.17, 15) is 4.79 Å². The first-order valence-electron chi connectivity index (χ1n) is 10.1. The number of rotatable bonds is 8. The lowest BCUT2D eigenvalue weighted by atomic mass is 9.95. The molecule has 0 radical (unpaired) electrons. The third-order valence-electron chi connectivity index (χ3n) is 5.26. The Hall–Kier alpha value is -1.20. The van der Waals surface area contributed by atoms with Crippen LogP contribution >= 0.6 is 35.0 Å². The fourth-order valence-corrected chi connectivity index (χ4v) is 4.90. The highest BCUT2D eigenvalue weighted by Gasteiger charge is 2.25. The molecule has 0 saturated carbocycles. The van der Waals surface area contributed by atoms with Gasteiger partial charge in [-0.1, -0.05) is 59.1 Å². The number of thioether (sulfide) groups is 1.